The van der Waals surface area contributed by atoms with E-state index in [1.165, 1.54) is 0 Å². The lowest BCUT2D eigenvalue weighted by atomic mass is 10.1. The van der Waals surface area contributed by atoms with Crippen LogP contribution in [0.2, 0.25) is 6.32 Å². The minimum atomic E-state index is 0.590. The van der Waals surface area contributed by atoms with Crippen LogP contribution in [0.1, 0.15) is 6.92 Å². The number of aliphatic imine (C=N–C) groups is 1. The van der Waals surface area contributed by atoms with Crippen molar-refractivity contribution in [3.05, 3.63) is 11.9 Å². The van der Waals surface area contributed by atoms with Gasteiger partial charge < -0.3 is 5.73 Å². The van der Waals surface area contributed by atoms with Crippen molar-refractivity contribution >= 4 is 14.1 Å². The normalized spacial score (nSPS) is 12.9. The van der Waals surface area contributed by atoms with Gasteiger partial charge in [-0.25, -0.2) is 4.99 Å². The molecule has 0 aliphatic heterocycles. The molecule has 0 amide bonds. The van der Waals surface area contributed by atoms with Gasteiger partial charge in [0.05, 0.1) is 0 Å². The van der Waals surface area contributed by atoms with E-state index < -0.39 is 0 Å². The summed E-state index contributed by atoms with van der Waals surface area (Å²) in [4.78, 5) is 3.88. The fourth-order valence-corrected chi connectivity index (χ4v) is 0.271. The van der Waals surface area contributed by atoms with E-state index >= 15 is 0 Å². The maximum Gasteiger partial charge on any atom is 0.118 e. The molecular formula is C5H11BN2. The standard InChI is InChI=1S/C5H11BN2/c1-2-5(7)8-4-3-6/h2,4H,3,6-7H2,1H3/b5-2-,8-4-. The van der Waals surface area contributed by atoms with Gasteiger partial charge in [-0.2, -0.15) is 0 Å². The first-order valence-corrected chi connectivity index (χ1v) is 2.75. The van der Waals surface area contributed by atoms with Crippen LogP contribution in [-0.2, 0) is 0 Å². The van der Waals surface area contributed by atoms with Gasteiger partial charge >= 0.3 is 0 Å². The second-order valence-corrected chi connectivity index (χ2v) is 1.43. The van der Waals surface area contributed by atoms with Crippen LogP contribution in [0, 0.1) is 0 Å². The van der Waals surface area contributed by atoms with E-state index in [1.54, 1.807) is 12.3 Å². The molecule has 2 nitrogen and oxygen atoms in total. The SMILES string of the molecule is BC/C=N\C(N)=C/C. The minimum Gasteiger partial charge on any atom is -0.384 e. The van der Waals surface area contributed by atoms with Crippen LogP contribution in [-0.4, -0.2) is 14.1 Å². The van der Waals surface area contributed by atoms with Crippen molar-refractivity contribution < 1.29 is 0 Å². The molecule has 0 aliphatic rings. The molecule has 3 heteroatoms. The number of allylic oxidation sites excluding steroid dienone is 1. The quantitative estimate of drug-likeness (QED) is 0.392. The molecule has 8 heavy (non-hydrogen) atoms. The first-order valence-electron chi connectivity index (χ1n) is 2.75. The van der Waals surface area contributed by atoms with Crippen LogP contribution < -0.4 is 5.73 Å². The van der Waals surface area contributed by atoms with Gasteiger partial charge in [0.2, 0.25) is 0 Å². The van der Waals surface area contributed by atoms with Gasteiger partial charge in [-0.05, 0) is 25.5 Å². The Kier molecular flexibility index (Phi) is 4.03. The van der Waals surface area contributed by atoms with Gasteiger partial charge in [0, 0.05) is 0 Å². The molecule has 0 atom stereocenters. The highest BCUT2D eigenvalue weighted by atomic mass is 14.9. The van der Waals surface area contributed by atoms with Gasteiger partial charge in [-0.3, -0.25) is 0 Å². The van der Waals surface area contributed by atoms with E-state index in [0.29, 0.717) is 5.82 Å². The summed E-state index contributed by atoms with van der Waals surface area (Å²) in [6.07, 6.45) is 4.50. The zero-order valence-corrected chi connectivity index (χ0v) is 5.39. The van der Waals surface area contributed by atoms with Crippen molar-refractivity contribution in [3.8, 4) is 0 Å². The van der Waals surface area contributed by atoms with Crippen molar-refractivity contribution in [1.82, 2.24) is 0 Å². The van der Waals surface area contributed by atoms with E-state index in [9.17, 15) is 0 Å². The van der Waals surface area contributed by atoms with Gasteiger partial charge in [0.25, 0.3) is 0 Å². The Bertz CT molecular complexity index is 107. The van der Waals surface area contributed by atoms with Crippen LogP contribution in [0.5, 0.6) is 0 Å². The monoisotopic (exact) mass is 110 g/mol. The average Bonchev–Trinajstić information content (AvgIpc) is 1.83. The summed E-state index contributed by atoms with van der Waals surface area (Å²) in [5.74, 6) is 0.590. The Balaban J connectivity index is 3.53. The van der Waals surface area contributed by atoms with E-state index in [-0.39, 0.29) is 0 Å². The summed E-state index contributed by atoms with van der Waals surface area (Å²) in [5.41, 5.74) is 5.32. The fraction of sp³-hybridized carbons (Fsp3) is 0.400. The summed E-state index contributed by atoms with van der Waals surface area (Å²) in [6.45, 7) is 1.86. The van der Waals surface area contributed by atoms with Crippen LogP contribution in [0.4, 0.5) is 0 Å². The molecule has 0 aromatic rings. The number of nitrogens with zero attached hydrogens (tertiary/aromatic N) is 1. The molecule has 0 aliphatic carbocycles. The largest absolute Gasteiger partial charge is 0.384 e. The first-order chi connectivity index (χ1) is 3.81. The lowest BCUT2D eigenvalue weighted by Crippen LogP contribution is -1.91. The topological polar surface area (TPSA) is 38.4 Å². The predicted octanol–water partition coefficient (Wildman–Crippen LogP) is -0.0714. The van der Waals surface area contributed by atoms with E-state index in [2.05, 4.69) is 4.99 Å². The Morgan fingerprint density at radius 1 is 1.88 bits per heavy atom. The maximum atomic E-state index is 5.32. The Labute approximate surface area is 50.9 Å². The highest BCUT2D eigenvalue weighted by Crippen LogP contribution is 1.81. The van der Waals surface area contributed by atoms with Crippen LogP contribution in [0.25, 0.3) is 0 Å². The summed E-state index contributed by atoms with van der Waals surface area (Å²) in [7, 11) is 2.02. The lowest BCUT2D eigenvalue weighted by Gasteiger charge is -1.85. The lowest BCUT2D eigenvalue weighted by molar-refractivity contribution is 1.23. The molecule has 0 aromatic carbocycles. The van der Waals surface area contributed by atoms with Gasteiger partial charge in [0.1, 0.15) is 13.7 Å². The van der Waals surface area contributed by atoms with Crippen molar-refractivity contribution in [2.24, 2.45) is 10.7 Å². The molecule has 0 saturated heterocycles. The van der Waals surface area contributed by atoms with Gasteiger partial charge in [0.15, 0.2) is 0 Å². The molecule has 44 valence electrons. The van der Waals surface area contributed by atoms with Gasteiger partial charge in [-0.15, -0.1) is 0 Å². The first kappa shape index (κ1) is 7.27. The smallest absolute Gasteiger partial charge is 0.118 e. The minimum absolute atomic E-state index is 0.590. The average molecular weight is 110 g/mol. The Morgan fingerprint density at radius 2 is 2.50 bits per heavy atom. The molecular weight excluding hydrogens is 98.9 g/mol. The van der Waals surface area contributed by atoms with Crippen molar-refractivity contribution in [1.29, 1.82) is 0 Å². The molecule has 2 N–H and O–H groups in total. The highest BCUT2D eigenvalue weighted by molar-refractivity contribution is 6.16. The molecule has 0 aromatic heterocycles. The third kappa shape index (κ3) is 3.46. The molecule has 0 bridgehead atoms. The van der Waals surface area contributed by atoms with E-state index in [1.807, 2.05) is 14.8 Å². The maximum absolute atomic E-state index is 5.32. The fourth-order valence-electron chi connectivity index (χ4n) is 0.271. The predicted molar refractivity (Wildman–Crippen MR) is 39.8 cm³/mol. The molecule has 0 unspecified atom stereocenters. The number of nitrogens with two attached hydrogens (primary N) is 1. The van der Waals surface area contributed by atoms with Crippen molar-refractivity contribution in [2.75, 3.05) is 0 Å². The van der Waals surface area contributed by atoms with E-state index in [0.717, 1.165) is 6.32 Å². The van der Waals surface area contributed by atoms with Crippen molar-refractivity contribution in [2.45, 2.75) is 13.2 Å². The molecule has 0 rings (SSSR count). The molecule has 0 heterocycles. The second kappa shape index (κ2) is 4.43. The number of rotatable bonds is 2. The zero-order chi connectivity index (χ0) is 6.41. The van der Waals surface area contributed by atoms with E-state index in [4.69, 9.17) is 5.73 Å². The van der Waals surface area contributed by atoms with Crippen LogP contribution in [0.3, 0.4) is 0 Å². The molecule has 0 radical (unpaired) electrons. The van der Waals surface area contributed by atoms with Gasteiger partial charge in [-0.1, -0.05) is 0 Å². The van der Waals surface area contributed by atoms with Crippen molar-refractivity contribution in [3.63, 3.8) is 0 Å². The Morgan fingerprint density at radius 3 is 2.88 bits per heavy atom. The third-order valence-corrected chi connectivity index (χ3v) is 0.719. The summed E-state index contributed by atoms with van der Waals surface area (Å²) >= 11 is 0. The second-order valence-electron chi connectivity index (χ2n) is 1.43. The number of hydrogen-bond donors (Lipinski definition) is 1. The zero-order valence-electron chi connectivity index (χ0n) is 5.39. The highest BCUT2D eigenvalue weighted by Gasteiger charge is 1.73. The Hall–Kier alpha value is -0.725. The summed E-state index contributed by atoms with van der Waals surface area (Å²) < 4.78 is 0. The third-order valence-electron chi connectivity index (χ3n) is 0.719. The molecule has 0 saturated carbocycles. The number of hydrogen-bond acceptors (Lipinski definition) is 2. The summed E-state index contributed by atoms with van der Waals surface area (Å²) in [6, 6.07) is 0. The van der Waals surface area contributed by atoms with Crippen LogP contribution in [0.15, 0.2) is 16.9 Å². The summed E-state index contributed by atoms with van der Waals surface area (Å²) in [5, 5.41) is 0. The molecule has 0 spiro atoms. The van der Waals surface area contributed by atoms with Crippen LogP contribution >= 0.6 is 0 Å². The molecule has 0 fully saturated rings.